The van der Waals surface area contributed by atoms with E-state index in [4.69, 9.17) is 9.47 Å². The molecule has 0 radical (unpaired) electrons. The first kappa shape index (κ1) is 21.4. The third kappa shape index (κ3) is 2.72. The second-order valence-corrected chi connectivity index (χ2v) is 9.30. The zero-order chi connectivity index (χ0) is 22.5. The van der Waals surface area contributed by atoms with Gasteiger partial charge in [0.2, 0.25) is 0 Å². The molecule has 7 heteroatoms. The lowest BCUT2D eigenvalue weighted by Gasteiger charge is -2.41. The molecule has 2 aromatic carbocycles. The third-order valence-corrected chi connectivity index (χ3v) is 7.41. The maximum absolute atomic E-state index is 12.5. The van der Waals surface area contributed by atoms with Crippen LogP contribution in [-0.4, -0.2) is 42.0 Å². The van der Waals surface area contributed by atoms with Crippen molar-refractivity contribution in [2.75, 3.05) is 20.7 Å². The molecule has 32 heavy (non-hydrogen) atoms. The molecule has 5 atom stereocenters. The topological polar surface area (TPSA) is 83.8 Å². The molecule has 5 rings (SSSR count). The minimum atomic E-state index is -1.76. The van der Waals surface area contributed by atoms with Gasteiger partial charge >= 0.3 is 0 Å². The number of ether oxygens (including phenoxy) is 2. The molecule has 0 amide bonds. The summed E-state index contributed by atoms with van der Waals surface area (Å²) in [5, 5.41) is 27.5. The molecule has 1 aliphatic carbocycles. The Balaban J connectivity index is 1.86. The fourth-order valence-corrected chi connectivity index (χ4v) is 5.96. The summed E-state index contributed by atoms with van der Waals surface area (Å²) >= 11 is 3.50. The molecule has 1 fully saturated rings. The molecule has 3 N–H and O–H groups in total. The molecule has 0 bridgehead atoms. The number of hydrogen-bond donors (Lipinski definition) is 3. The fraction of sp³-hybridized carbons (Fsp3) is 0.320. The molecule has 1 aromatic heterocycles. The summed E-state index contributed by atoms with van der Waals surface area (Å²) in [5.41, 5.74) is -0.857. The van der Waals surface area contributed by atoms with Crippen LogP contribution < -0.4 is 14.8 Å². The highest BCUT2D eigenvalue weighted by Crippen LogP contribution is 2.69. The third-order valence-electron chi connectivity index (χ3n) is 6.89. The Labute approximate surface area is 195 Å². The van der Waals surface area contributed by atoms with Gasteiger partial charge in [-0.25, -0.2) is 0 Å². The van der Waals surface area contributed by atoms with Crippen LogP contribution in [0.25, 0.3) is 0 Å². The number of aromatic nitrogens is 1. The molecule has 166 valence electrons. The quantitative estimate of drug-likeness (QED) is 0.502. The molecule has 0 spiro atoms. The van der Waals surface area contributed by atoms with Crippen LogP contribution in [0.3, 0.4) is 0 Å². The van der Waals surface area contributed by atoms with Crippen LogP contribution in [-0.2, 0) is 11.2 Å². The second kappa shape index (κ2) is 7.85. The Hall–Kier alpha value is -2.45. The Morgan fingerprint density at radius 2 is 1.84 bits per heavy atom. The molecule has 6 nitrogen and oxygen atoms in total. The normalized spacial score (nSPS) is 30.5. The first-order chi connectivity index (χ1) is 15.5. The molecule has 1 saturated carbocycles. The van der Waals surface area contributed by atoms with Crippen LogP contribution in [0.4, 0.5) is 0 Å². The van der Waals surface area contributed by atoms with E-state index in [1.54, 1.807) is 12.4 Å². The number of aliphatic hydroxyl groups is 2. The molecular weight excluding hydrogens is 472 g/mol. The van der Waals surface area contributed by atoms with Crippen LogP contribution in [0, 0.1) is 5.92 Å². The lowest BCUT2D eigenvalue weighted by Crippen LogP contribution is -2.52. The summed E-state index contributed by atoms with van der Waals surface area (Å²) in [6.07, 6.45) is 2.01. The lowest BCUT2D eigenvalue weighted by atomic mass is 9.70. The number of fused-ring (bicyclic) bond motifs is 3. The zero-order valence-corrected chi connectivity index (χ0v) is 19.4. The number of pyridine rings is 1. The monoisotopic (exact) mass is 496 g/mol. The van der Waals surface area contributed by atoms with Gasteiger partial charge in [-0.15, -0.1) is 0 Å². The predicted octanol–water partition coefficient (Wildman–Crippen LogP) is 3.32. The largest absolute Gasteiger partial charge is 0.495 e. The number of methoxy groups -OCH3 is 1. The second-order valence-electron chi connectivity index (χ2n) is 8.38. The van der Waals surface area contributed by atoms with Crippen LogP contribution >= 0.6 is 15.9 Å². The summed E-state index contributed by atoms with van der Waals surface area (Å²) in [5.74, 6) is 0.120. The average Bonchev–Trinajstić information content (AvgIpc) is 3.19. The maximum Gasteiger partial charge on any atom is 0.177 e. The minimum absolute atomic E-state index is 0.331. The molecule has 1 aliphatic heterocycles. The van der Waals surface area contributed by atoms with Crippen molar-refractivity contribution in [1.82, 2.24) is 10.3 Å². The number of hydrogen-bond acceptors (Lipinski definition) is 6. The molecule has 0 saturated heterocycles. The van der Waals surface area contributed by atoms with E-state index in [1.807, 2.05) is 61.6 Å². The summed E-state index contributed by atoms with van der Waals surface area (Å²) in [6.45, 7) is 0.493. The Morgan fingerprint density at radius 1 is 1.12 bits per heavy atom. The first-order valence-electron chi connectivity index (χ1n) is 10.6. The van der Waals surface area contributed by atoms with Crippen molar-refractivity contribution in [3.63, 3.8) is 0 Å². The van der Waals surface area contributed by atoms with Crippen LogP contribution in [0.5, 0.6) is 11.5 Å². The first-order valence-corrected chi connectivity index (χ1v) is 11.4. The van der Waals surface area contributed by atoms with Gasteiger partial charge in [0.1, 0.15) is 11.5 Å². The number of benzene rings is 2. The van der Waals surface area contributed by atoms with Gasteiger partial charge in [-0.2, -0.15) is 0 Å². The molecule has 2 aliphatic rings. The number of nitrogens with zero attached hydrogens (tertiary/aromatic N) is 1. The molecule has 3 aromatic rings. The summed E-state index contributed by atoms with van der Waals surface area (Å²) in [7, 11) is 3.37. The lowest BCUT2D eigenvalue weighted by molar-refractivity contribution is -0.152. The fourth-order valence-electron chi connectivity index (χ4n) is 5.69. The zero-order valence-electron chi connectivity index (χ0n) is 17.8. The van der Waals surface area contributed by atoms with Crippen molar-refractivity contribution in [1.29, 1.82) is 0 Å². The van der Waals surface area contributed by atoms with Gasteiger partial charge in [-0.3, -0.25) is 4.98 Å². The maximum atomic E-state index is 12.5. The Bertz CT molecular complexity index is 1130. The standard InChI is InChI=1S/C25H25BrN2O4/c1-27-12-18-21(15-6-4-3-5-7-15)25(16-8-10-17(26)11-9-16)24(30,23(18)29)22-19(31-2)13-28-14-20(22)32-25/h3-11,13-14,18,21,23,27,29-30H,12H2,1-2H3/t18?,21?,23-,24?,25?/m1/s1. The SMILES string of the molecule is CNCC1C(c2ccccc2)C2(c3ccc(Br)cc3)Oc3cncc(OC)c3C2(O)[C@@H]1O. The van der Waals surface area contributed by atoms with Gasteiger partial charge in [-0.05, 0) is 30.3 Å². The number of rotatable bonds is 5. The smallest absolute Gasteiger partial charge is 0.177 e. The predicted molar refractivity (Wildman–Crippen MR) is 124 cm³/mol. The number of aliphatic hydroxyl groups excluding tert-OH is 1. The Morgan fingerprint density at radius 3 is 2.50 bits per heavy atom. The number of halogens is 1. The molecular formula is C25H25BrN2O4. The average molecular weight is 497 g/mol. The van der Waals surface area contributed by atoms with Crippen molar-refractivity contribution in [3.05, 3.63) is 88.2 Å². The highest BCUT2D eigenvalue weighted by atomic mass is 79.9. The van der Waals surface area contributed by atoms with E-state index in [9.17, 15) is 10.2 Å². The van der Waals surface area contributed by atoms with Crippen molar-refractivity contribution in [2.24, 2.45) is 5.92 Å². The van der Waals surface area contributed by atoms with Crippen molar-refractivity contribution >= 4 is 15.9 Å². The van der Waals surface area contributed by atoms with Crippen molar-refractivity contribution in [2.45, 2.75) is 23.2 Å². The van der Waals surface area contributed by atoms with Gasteiger partial charge in [-0.1, -0.05) is 58.4 Å². The van der Waals surface area contributed by atoms with Crippen LogP contribution in [0.2, 0.25) is 0 Å². The summed E-state index contributed by atoms with van der Waals surface area (Å²) < 4.78 is 13.2. The van der Waals surface area contributed by atoms with Gasteiger partial charge in [0.25, 0.3) is 0 Å². The van der Waals surface area contributed by atoms with Crippen molar-refractivity contribution in [3.8, 4) is 11.5 Å². The molecule has 4 unspecified atom stereocenters. The van der Waals surface area contributed by atoms with Gasteiger partial charge in [0.05, 0.1) is 31.2 Å². The van der Waals surface area contributed by atoms with Crippen LogP contribution in [0.15, 0.2) is 71.5 Å². The highest BCUT2D eigenvalue weighted by Gasteiger charge is 2.76. The van der Waals surface area contributed by atoms with E-state index in [-0.39, 0.29) is 11.8 Å². The molecule has 2 heterocycles. The van der Waals surface area contributed by atoms with E-state index in [0.29, 0.717) is 23.6 Å². The van der Waals surface area contributed by atoms with E-state index in [1.165, 1.54) is 7.11 Å². The summed E-state index contributed by atoms with van der Waals surface area (Å²) in [4.78, 5) is 4.24. The Kier molecular flexibility index (Phi) is 5.25. The number of nitrogens with one attached hydrogen (secondary N) is 1. The minimum Gasteiger partial charge on any atom is -0.495 e. The van der Waals surface area contributed by atoms with E-state index in [2.05, 4.69) is 26.2 Å². The van der Waals surface area contributed by atoms with Crippen LogP contribution in [0.1, 0.15) is 22.6 Å². The van der Waals surface area contributed by atoms with Gasteiger partial charge in [0, 0.05) is 22.9 Å². The summed E-state index contributed by atoms with van der Waals surface area (Å²) in [6, 6.07) is 17.7. The highest BCUT2D eigenvalue weighted by molar-refractivity contribution is 9.10. The van der Waals surface area contributed by atoms with Gasteiger partial charge < -0.3 is 25.0 Å². The van der Waals surface area contributed by atoms with E-state index < -0.39 is 17.3 Å². The van der Waals surface area contributed by atoms with Gasteiger partial charge in [0.15, 0.2) is 11.2 Å². The van der Waals surface area contributed by atoms with E-state index in [0.717, 1.165) is 15.6 Å². The van der Waals surface area contributed by atoms with E-state index >= 15 is 0 Å². The van der Waals surface area contributed by atoms with Crippen molar-refractivity contribution < 1.29 is 19.7 Å².